The minimum absolute atomic E-state index is 0.0123. The van der Waals surface area contributed by atoms with Gasteiger partial charge in [-0.1, -0.05) is 30.7 Å². The number of pyridine rings is 1. The lowest BCUT2D eigenvalue weighted by Gasteiger charge is -2.35. The molecule has 0 atom stereocenters. The van der Waals surface area contributed by atoms with Crippen LogP contribution in [0.15, 0.2) is 30.3 Å². The second-order valence-electron chi connectivity index (χ2n) is 5.66. The summed E-state index contributed by atoms with van der Waals surface area (Å²) >= 11 is 5.95. The number of nitrogens with two attached hydrogens (primary N) is 1. The average Bonchev–Trinajstić information content (AvgIpc) is 2.58. The van der Waals surface area contributed by atoms with E-state index in [1.54, 1.807) is 0 Å². The van der Waals surface area contributed by atoms with Gasteiger partial charge in [0.05, 0.1) is 5.02 Å². The Morgan fingerprint density at radius 3 is 2.43 bits per heavy atom. The van der Waals surface area contributed by atoms with E-state index in [-0.39, 0.29) is 10.8 Å². The summed E-state index contributed by atoms with van der Waals surface area (Å²) in [5.74, 6) is -0.588. The number of piperazine rings is 1. The summed E-state index contributed by atoms with van der Waals surface area (Å²) in [6.45, 7) is 7.45. The van der Waals surface area contributed by atoms with Crippen LogP contribution in [0.25, 0.3) is 11.1 Å². The quantitative estimate of drug-likeness (QED) is 0.875. The Labute approximate surface area is 140 Å². The van der Waals surface area contributed by atoms with Crippen LogP contribution in [0.4, 0.5) is 15.9 Å². The lowest BCUT2D eigenvalue weighted by Crippen LogP contribution is -2.46. The molecule has 0 radical (unpaired) electrons. The van der Waals surface area contributed by atoms with E-state index >= 15 is 0 Å². The Morgan fingerprint density at radius 1 is 1.17 bits per heavy atom. The van der Waals surface area contributed by atoms with E-state index in [2.05, 4.69) is 21.7 Å². The molecule has 1 aromatic carbocycles. The molecule has 0 unspecified atom stereocenters. The van der Waals surface area contributed by atoms with Gasteiger partial charge in [-0.3, -0.25) is 0 Å². The van der Waals surface area contributed by atoms with Gasteiger partial charge in [0.1, 0.15) is 5.82 Å². The first kappa shape index (κ1) is 16.0. The molecule has 4 nitrogen and oxygen atoms in total. The number of hydrogen-bond donors (Lipinski definition) is 1. The van der Waals surface area contributed by atoms with Gasteiger partial charge in [0.15, 0.2) is 0 Å². The Morgan fingerprint density at radius 2 is 1.83 bits per heavy atom. The second kappa shape index (κ2) is 6.72. The molecule has 3 rings (SSSR count). The van der Waals surface area contributed by atoms with Crippen molar-refractivity contribution in [1.29, 1.82) is 0 Å². The smallest absolute Gasteiger partial charge is 0.222 e. The first-order valence-corrected chi connectivity index (χ1v) is 8.15. The van der Waals surface area contributed by atoms with E-state index in [4.69, 9.17) is 17.3 Å². The monoisotopic (exact) mass is 334 g/mol. The van der Waals surface area contributed by atoms with Gasteiger partial charge in [-0.2, -0.15) is 4.39 Å². The maximum absolute atomic E-state index is 14.0. The summed E-state index contributed by atoms with van der Waals surface area (Å²) in [6, 6.07) is 9.35. The molecule has 2 heterocycles. The van der Waals surface area contributed by atoms with Crippen LogP contribution in [0, 0.1) is 5.95 Å². The molecule has 0 aliphatic carbocycles. The number of aromatic nitrogens is 1. The highest BCUT2D eigenvalue weighted by Gasteiger charge is 2.16. The van der Waals surface area contributed by atoms with Crippen molar-refractivity contribution < 1.29 is 4.39 Å². The highest BCUT2D eigenvalue weighted by Crippen LogP contribution is 2.29. The van der Waals surface area contributed by atoms with Crippen molar-refractivity contribution in [2.45, 2.75) is 6.92 Å². The van der Waals surface area contributed by atoms with Gasteiger partial charge in [-0.05, 0) is 30.3 Å². The van der Waals surface area contributed by atoms with Gasteiger partial charge in [0.25, 0.3) is 0 Å². The van der Waals surface area contributed by atoms with Crippen molar-refractivity contribution >= 4 is 23.1 Å². The lowest BCUT2D eigenvalue weighted by atomic mass is 10.1. The van der Waals surface area contributed by atoms with Crippen LogP contribution in [0.3, 0.4) is 0 Å². The van der Waals surface area contributed by atoms with Crippen LogP contribution in [0.1, 0.15) is 6.92 Å². The molecular formula is C17H20ClFN4. The van der Waals surface area contributed by atoms with Crippen LogP contribution in [0.5, 0.6) is 0 Å². The summed E-state index contributed by atoms with van der Waals surface area (Å²) < 4.78 is 14.0. The summed E-state index contributed by atoms with van der Waals surface area (Å²) in [5.41, 5.74) is 7.78. The fourth-order valence-corrected chi connectivity index (χ4v) is 3.01. The Balaban J connectivity index is 1.79. The third-order valence-electron chi connectivity index (χ3n) is 4.32. The van der Waals surface area contributed by atoms with Crippen molar-refractivity contribution in [3.05, 3.63) is 41.3 Å². The molecule has 2 N–H and O–H groups in total. The first-order chi connectivity index (χ1) is 11.1. The maximum atomic E-state index is 14.0. The molecule has 1 aliphatic heterocycles. The fraction of sp³-hybridized carbons (Fsp3) is 0.353. The predicted octanol–water partition coefficient (Wildman–Crippen LogP) is 3.27. The zero-order valence-corrected chi connectivity index (χ0v) is 13.9. The lowest BCUT2D eigenvalue weighted by molar-refractivity contribution is 0.271. The minimum Gasteiger partial charge on any atom is -0.382 e. The number of hydrogen-bond acceptors (Lipinski definition) is 4. The number of likely N-dealkylation sites (N-methyl/N-ethyl adjacent to an activating group) is 1. The van der Waals surface area contributed by atoms with Crippen LogP contribution in [0.2, 0.25) is 5.02 Å². The molecule has 122 valence electrons. The molecule has 1 saturated heterocycles. The fourth-order valence-electron chi connectivity index (χ4n) is 2.86. The molecule has 0 spiro atoms. The van der Waals surface area contributed by atoms with Crippen LogP contribution in [-0.2, 0) is 0 Å². The molecular weight excluding hydrogens is 315 g/mol. The van der Waals surface area contributed by atoms with Crippen LogP contribution in [-0.4, -0.2) is 42.6 Å². The normalized spacial score (nSPS) is 15.9. The first-order valence-electron chi connectivity index (χ1n) is 7.77. The number of nitrogen functional groups attached to an aromatic ring is 1. The van der Waals surface area contributed by atoms with E-state index in [0.717, 1.165) is 44.0 Å². The minimum atomic E-state index is -0.601. The molecule has 23 heavy (non-hydrogen) atoms. The largest absolute Gasteiger partial charge is 0.382 e. The van der Waals surface area contributed by atoms with E-state index in [1.165, 1.54) is 6.07 Å². The van der Waals surface area contributed by atoms with Gasteiger partial charge in [-0.15, -0.1) is 0 Å². The molecule has 1 fully saturated rings. The number of rotatable bonds is 3. The molecule has 0 amide bonds. The van der Waals surface area contributed by atoms with E-state index in [1.807, 2.05) is 24.3 Å². The SMILES string of the molecule is CCN1CCN(c2ccc(-c3cc(Cl)c(N)nc3F)cc2)CC1. The molecule has 1 aromatic heterocycles. The van der Waals surface area contributed by atoms with Crippen LogP contribution < -0.4 is 10.6 Å². The number of nitrogens with zero attached hydrogens (tertiary/aromatic N) is 3. The summed E-state index contributed by atoms with van der Waals surface area (Å²) in [4.78, 5) is 8.42. The van der Waals surface area contributed by atoms with Gasteiger partial charge >= 0.3 is 0 Å². The highest BCUT2D eigenvalue weighted by atomic mass is 35.5. The molecule has 0 saturated carbocycles. The number of halogens is 2. The highest BCUT2D eigenvalue weighted by molar-refractivity contribution is 6.33. The zero-order chi connectivity index (χ0) is 16.4. The summed E-state index contributed by atoms with van der Waals surface area (Å²) in [5, 5.41) is 0.265. The van der Waals surface area contributed by atoms with Crippen molar-refractivity contribution in [1.82, 2.24) is 9.88 Å². The van der Waals surface area contributed by atoms with Gasteiger partial charge in [0.2, 0.25) is 5.95 Å². The summed E-state index contributed by atoms with van der Waals surface area (Å²) in [6.07, 6.45) is 0. The van der Waals surface area contributed by atoms with Crippen LogP contribution >= 0.6 is 11.6 Å². The standard InChI is InChI=1S/C17H20ClFN4/c1-2-22-7-9-23(10-8-22)13-5-3-12(4-6-13)14-11-15(18)17(20)21-16(14)19/h3-6,11H,2,7-10H2,1H3,(H2,20,21). The number of anilines is 2. The third kappa shape index (κ3) is 3.41. The van der Waals surface area contributed by atoms with Crippen molar-refractivity contribution in [2.75, 3.05) is 43.4 Å². The van der Waals surface area contributed by atoms with E-state index in [9.17, 15) is 4.39 Å². The van der Waals surface area contributed by atoms with Gasteiger partial charge in [0, 0.05) is 37.4 Å². The second-order valence-corrected chi connectivity index (χ2v) is 6.07. The molecule has 1 aliphatic rings. The van der Waals surface area contributed by atoms with Gasteiger partial charge in [-0.25, -0.2) is 4.98 Å². The molecule has 0 bridgehead atoms. The predicted molar refractivity (Wildman–Crippen MR) is 93.4 cm³/mol. The molecule has 2 aromatic rings. The third-order valence-corrected chi connectivity index (χ3v) is 4.62. The Kier molecular flexibility index (Phi) is 4.68. The van der Waals surface area contributed by atoms with Crippen molar-refractivity contribution in [2.24, 2.45) is 0 Å². The van der Waals surface area contributed by atoms with E-state index in [0.29, 0.717) is 5.56 Å². The Hall–Kier alpha value is -1.85. The van der Waals surface area contributed by atoms with Crippen molar-refractivity contribution in [3.8, 4) is 11.1 Å². The van der Waals surface area contributed by atoms with E-state index < -0.39 is 5.95 Å². The Bertz CT molecular complexity index is 682. The van der Waals surface area contributed by atoms with Crippen molar-refractivity contribution in [3.63, 3.8) is 0 Å². The zero-order valence-electron chi connectivity index (χ0n) is 13.1. The topological polar surface area (TPSA) is 45.4 Å². The van der Waals surface area contributed by atoms with Gasteiger partial charge < -0.3 is 15.5 Å². The average molecular weight is 335 g/mol. The number of benzene rings is 1. The molecule has 6 heteroatoms. The maximum Gasteiger partial charge on any atom is 0.222 e. The summed E-state index contributed by atoms with van der Waals surface area (Å²) in [7, 11) is 0.